The number of anilines is 1. The van der Waals surface area contributed by atoms with Gasteiger partial charge in [-0.3, -0.25) is 9.36 Å². The van der Waals surface area contributed by atoms with Gasteiger partial charge >= 0.3 is 6.18 Å². The number of aromatic nitrogens is 1. The van der Waals surface area contributed by atoms with Crippen LogP contribution in [-0.2, 0) is 6.18 Å². The van der Waals surface area contributed by atoms with Crippen LogP contribution >= 0.6 is 0 Å². The van der Waals surface area contributed by atoms with Gasteiger partial charge in [-0.2, -0.15) is 18.3 Å². The first kappa shape index (κ1) is 23.9. The van der Waals surface area contributed by atoms with Crippen LogP contribution in [0.15, 0.2) is 65.8 Å². The lowest BCUT2D eigenvalue weighted by Crippen LogP contribution is -2.19. The van der Waals surface area contributed by atoms with Crippen LogP contribution in [0.5, 0.6) is 5.88 Å². The van der Waals surface area contributed by atoms with E-state index in [-0.39, 0.29) is 22.7 Å². The van der Waals surface area contributed by atoms with Gasteiger partial charge in [0.2, 0.25) is 5.88 Å². The number of amides is 1. The Bertz CT molecular complexity index is 1450. The van der Waals surface area contributed by atoms with Crippen LogP contribution in [0.2, 0.25) is 0 Å². The Morgan fingerprint density at radius 1 is 1.00 bits per heavy atom. The molecule has 4 aromatic rings. The second kappa shape index (κ2) is 8.83. The van der Waals surface area contributed by atoms with Crippen molar-refractivity contribution in [2.24, 2.45) is 5.10 Å². The molecule has 4 rings (SSSR count). The third-order valence-corrected chi connectivity index (χ3v) is 5.60. The highest BCUT2D eigenvalue weighted by Gasteiger charge is 2.32. The summed E-state index contributed by atoms with van der Waals surface area (Å²) >= 11 is 0. The molecule has 4 N–H and O–H groups in total. The minimum atomic E-state index is -4.56. The number of alkyl halides is 3. The molecular weight excluding hydrogens is 457 g/mol. The predicted molar refractivity (Wildman–Crippen MR) is 130 cm³/mol. The molecule has 0 aliphatic carbocycles. The number of nitrogens with zero attached hydrogens (tertiary/aromatic N) is 2. The number of hydrogen-bond donors (Lipinski definition) is 3. The second-order valence-electron chi connectivity index (χ2n) is 8.37. The Balaban J connectivity index is 1.86. The van der Waals surface area contributed by atoms with E-state index in [1.165, 1.54) is 22.8 Å². The lowest BCUT2D eigenvalue weighted by atomic mass is 10.1. The number of nitrogens with one attached hydrogen (secondary N) is 1. The molecule has 0 saturated carbocycles. The molecule has 9 heteroatoms. The molecule has 1 heterocycles. The van der Waals surface area contributed by atoms with Crippen LogP contribution in [0.4, 0.5) is 18.9 Å². The minimum Gasteiger partial charge on any atom is -0.494 e. The smallest absolute Gasteiger partial charge is 0.416 e. The van der Waals surface area contributed by atoms with Gasteiger partial charge in [0, 0.05) is 22.3 Å². The Hall–Kier alpha value is -4.27. The summed E-state index contributed by atoms with van der Waals surface area (Å²) in [4.78, 5) is 12.4. The van der Waals surface area contributed by atoms with Crippen molar-refractivity contribution in [3.8, 4) is 11.6 Å². The molecule has 0 bridgehead atoms. The Labute approximate surface area is 199 Å². The fourth-order valence-corrected chi connectivity index (χ4v) is 4.04. The first-order valence-corrected chi connectivity index (χ1v) is 10.7. The van der Waals surface area contributed by atoms with Gasteiger partial charge in [0.25, 0.3) is 5.91 Å². The van der Waals surface area contributed by atoms with Gasteiger partial charge in [-0.25, -0.2) is 5.43 Å². The van der Waals surface area contributed by atoms with Crippen molar-refractivity contribution in [3.05, 3.63) is 88.5 Å². The van der Waals surface area contributed by atoms with Crippen molar-refractivity contribution in [2.45, 2.75) is 26.9 Å². The van der Waals surface area contributed by atoms with Crippen molar-refractivity contribution < 1.29 is 23.1 Å². The monoisotopic (exact) mass is 480 g/mol. The van der Waals surface area contributed by atoms with E-state index in [1.54, 1.807) is 31.2 Å². The molecule has 0 atom stereocenters. The zero-order valence-corrected chi connectivity index (χ0v) is 19.2. The summed E-state index contributed by atoms with van der Waals surface area (Å²) in [7, 11) is 0. The number of benzene rings is 3. The molecule has 0 aliphatic heterocycles. The van der Waals surface area contributed by atoms with Crippen LogP contribution in [0.25, 0.3) is 16.6 Å². The van der Waals surface area contributed by atoms with Crippen molar-refractivity contribution in [1.29, 1.82) is 0 Å². The second-order valence-corrected chi connectivity index (χ2v) is 8.37. The fourth-order valence-electron chi connectivity index (χ4n) is 4.04. The number of halogens is 3. The molecule has 0 unspecified atom stereocenters. The van der Waals surface area contributed by atoms with E-state index >= 15 is 0 Å². The van der Waals surface area contributed by atoms with Gasteiger partial charge < -0.3 is 10.8 Å². The molecule has 1 aromatic heterocycles. The number of carbonyl (C=O) groups is 1. The molecule has 0 fully saturated rings. The lowest BCUT2D eigenvalue weighted by molar-refractivity contribution is -0.137. The maximum atomic E-state index is 13.5. The number of rotatable bonds is 4. The van der Waals surface area contributed by atoms with E-state index in [0.717, 1.165) is 23.3 Å². The van der Waals surface area contributed by atoms with Crippen molar-refractivity contribution >= 4 is 28.2 Å². The highest BCUT2D eigenvalue weighted by atomic mass is 19.4. The lowest BCUT2D eigenvalue weighted by Gasteiger charge is -2.11. The summed E-state index contributed by atoms with van der Waals surface area (Å²) in [6, 6.07) is 14.9. The number of aromatic hydroxyl groups is 1. The summed E-state index contributed by atoms with van der Waals surface area (Å²) in [5.41, 5.74) is 10.9. The van der Waals surface area contributed by atoms with Gasteiger partial charge in [0.05, 0.1) is 22.4 Å². The number of hydrogen-bond acceptors (Lipinski definition) is 4. The molecule has 0 aliphatic rings. The molecule has 0 radical (unpaired) electrons. The topological polar surface area (TPSA) is 92.6 Å². The Kier molecular flexibility index (Phi) is 6.02. The van der Waals surface area contributed by atoms with E-state index in [4.69, 9.17) is 5.73 Å². The molecule has 0 saturated heterocycles. The summed E-state index contributed by atoms with van der Waals surface area (Å²) in [5, 5.41) is 15.7. The summed E-state index contributed by atoms with van der Waals surface area (Å²) in [5.74, 6) is -0.784. The Morgan fingerprint density at radius 3 is 2.23 bits per heavy atom. The standard InChI is InChI=1S/C26H23F3N4O2/c1-14-10-15(2)12-20(11-14)33-22-13-18(26(27,28)29)6-9-21(22)23(25(33)35)16(3)31-32-24(34)17-4-7-19(30)8-5-17/h4-13,35H,30H2,1-3H3,(H,32,34). The van der Waals surface area contributed by atoms with E-state index < -0.39 is 17.6 Å². The van der Waals surface area contributed by atoms with Crippen LogP contribution < -0.4 is 11.2 Å². The van der Waals surface area contributed by atoms with Crippen LogP contribution in [0.3, 0.4) is 0 Å². The zero-order chi connectivity index (χ0) is 25.5. The third kappa shape index (κ3) is 4.70. The third-order valence-electron chi connectivity index (χ3n) is 5.60. The predicted octanol–water partition coefficient (Wildman–Crippen LogP) is 5.71. The molecule has 35 heavy (non-hydrogen) atoms. The average molecular weight is 480 g/mol. The number of nitrogen functional groups attached to an aromatic ring is 1. The van der Waals surface area contributed by atoms with Crippen LogP contribution in [0.1, 0.15) is 39.5 Å². The normalized spacial score (nSPS) is 12.2. The van der Waals surface area contributed by atoms with Crippen LogP contribution in [-0.4, -0.2) is 21.3 Å². The number of carbonyl (C=O) groups excluding carboxylic acids is 1. The highest BCUT2D eigenvalue weighted by molar-refractivity contribution is 6.13. The average Bonchev–Trinajstić information content (AvgIpc) is 3.07. The van der Waals surface area contributed by atoms with E-state index in [2.05, 4.69) is 10.5 Å². The molecule has 6 nitrogen and oxygen atoms in total. The molecule has 1 amide bonds. The van der Waals surface area contributed by atoms with Gasteiger partial charge in [0.15, 0.2) is 0 Å². The van der Waals surface area contributed by atoms with E-state index in [9.17, 15) is 23.1 Å². The Morgan fingerprint density at radius 2 is 1.63 bits per heavy atom. The molecular formula is C26H23F3N4O2. The fraction of sp³-hybridized carbons (Fsp3) is 0.154. The number of fused-ring (bicyclic) bond motifs is 1. The summed E-state index contributed by atoms with van der Waals surface area (Å²) in [6.45, 7) is 5.28. The van der Waals surface area contributed by atoms with Crippen molar-refractivity contribution in [1.82, 2.24) is 9.99 Å². The van der Waals surface area contributed by atoms with Crippen LogP contribution in [0, 0.1) is 13.8 Å². The highest BCUT2D eigenvalue weighted by Crippen LogP contribution is 2.39. The first-order chi connectivity index (χ1) is 16.5. The van der Waals surface area contributed by atoms with Gasteiger partial charge in [-0.1, -0.05) is 12.1 Å². The van der Waals surface area contributed by atoms with Crippen molar-refractivity contribution in [3.63, 3.8) is 0 Å². The SMILES string of the molecule is CC(=NNC(=O)c1ccc(N)cc1)c1c(O)n(-c2cc(C)cc(C)c2)c2cc(C(F)(F)F)ccc12. The summed E-state index contributed by atoms with van der Waals surface area (Å²) < 4.78 is 41.8. The van der Waals surface area contributed by atoms with Crippen molar-refractivity contribution in [2.75, 3.05) is 5.73 Å². The zero-order valence-electron chi connectivity index (χ0n) is 19.2. The molecule has 180 valence electrons. The first-order valence-electron chi connectivity index (χ1n) is 10.7. The quantitative estimate of drug-likeness (QED) is 0.199. The number of aryl methyl sites for hydroxylation is 2. The van der Waals surface area contributed by atoms with E-state index in [0.29, 0.717) is 22.3 Å². The molecule has 0 spiro atoms. The van der Waals surface area contributed by atoms with Gasteiger partial charge in [0.1, 0.15) is 0 Å². The van der Waals surface area contributed by atoms with Gasteiger partial charge in [-0.15, -0.1) is 0 Å². The molecule has 3 aromatic carbocycles. The number of hydrazone groups is 1. The van der Waals surface area contributed by atoms with E-state index in [1.807, 2.05) is 19.9 Å². The minimum absolute atomic E-state index is 0.164. The maximum absolute atomic E-state index is 13.5. The van der Waals surface area contributed by atoms with Gasteiger partial charge in [-0.05, 0) is 80.4 Å². The largest absolute Gasteiger partial charge is 0.494 e. The number of nitrogens with two attached hydrogens (primary N) is 1. The summed E-state index contributed by atoms with van der Waals surface area (Å²) in [6.07, 6.45) is -4.56. The maximum Gasteiger partial charge on any atom is 0.416 e.